The lowest BCUT2D eigenvalue weighted by Gasteiger charge is -2.46. The van der Waals surface area contributed by atoms with E-state index in [2.05, 4.69) is 64.8 Å². The van der Waals surface area contributed by atoms with Gasteiger partial charge >= 0.3 is 0 Å². The molecule has 0 spiro atoms. The molecular weight excluding hydrogens is 408 g/mol. The molecule has 0 radical (unpaired) electrons. The number of aliphatic imine (C=N–C) groups is 1. The van der Waals surface area contributed by atoms with E-state index in [4.69, 9.17) is 9.98 Å². The van der Waals surface area contributed by atoms with Crippen LogP contribution in [-0.4, -0.2) is 87.8 Å². The number of piperazine rings is 1. The number of fused-ring (bicyclic) bond motifs is 1. The monoisotopic (exact) mass is 446 g/mol. The van der Waals surface area contributed by atoms with Gasteiger partial charge in [0.25, 0.3) is 0 Å². The van der Waals surface area contributed by atoms with Gasteiger partial charge in [-0.15, -0.1) is 0 Å². The third-order valence-corrected chi connectivity index (χ3v) is 8.62. The maximum absolute atomic E-state index is 5.38. The van der Waals surface area contributed by atoms with E-state index in [1.165, 1.54) is 62.3 Å². The van der Waals surface area contributed by atoms with E-state index in [0.29, 0.717) is 12.1 Å². The molecule has 6 rings (SSSR count). The normalized spacial score (nSPS) is 33.2. The van der Waals surface area contributed by atoms with Gasteiger partial charge in [-0.05, 0) is 76.8 Å². The van der Waals surface area contributed by atoms with Crippen LogP contribution in [0.4, 0.5) is 0 Å². The highest BCUT2D eigenvalue weighted by Gasteiger charge is 2.48. The van der Waals surface area contributed by atoms with Crippen molar-refractivity contribution in [3.63, 3.8) is 0 Å². The summed E-state index contributed by atoms with van der Waals surface area (Å²) in [5.74, 6) is 2.50. The van der Waals surface area contributed by atoms with Gasteiger partial charge < -0.3 is 9.80 Å². The Morgan fingerprint density at radius 1 is 1.06 bits per heavy atom. The maximum atomic E-state index is 5.38. The van der Waals surface area contributed by atoms with Gasteiger partial charge in [0.2, 0.25) is 0 Å². The smallest absolute Gasteiger partial charge is 0.129 e. The van der Waals surface area contributed by atoms with Crippen LogP contribution in [0.5, 0.6) is 0 Å². The zero-order valence-electron chi connectivity index (χ0n) is 20.5. The Labute approximate surface area is 198 Å². The molecule has 4 aliphatic heterocycles. The van der Waals surface area contributed by atoms with Crippen molar-refractivity contribution in [2.24, 2.45) is 4.99 Å². The third kappa shape index (κ3) is 3.81. The fourth-order valence-corrected chi connectivity index (χ4v) is 6.66. The summed E-state index contributed by atoms with van der Waals surface area (Å²) in [6.45, 7) is 10.2. The number of likely N-dealkylation sites (N-methyl/N-ethyl adjacent to an activating group) is 1. The second-order valence-corrected chi connectivity index (χ2v) is 10.9. The van der Waals surface area contributed by atoms with Gasteiger partial charge in [0.05, 0.1) is 23.8 Å². The average Bonchev–Trinajstić information content (AvgIpc) is 3.61. The fourth-order valence-electron chi connectivity index (χ4n) is 6.66. The molecule has 1 aromatic heterocycles. The van der Waals surface area contributed by atoms with E-state index in [0.717, 1.165) is 31.5 Å². The quantitative estimate of drug-likeness (QED) is 0.707. The van der Waals surface area contributed by atoms with Crippen molar-refractivity contribution < 1.29 is 0 Å². The Kier molecular flexibility index (Phi) is 5.33. The van der Waals surface area contributed by atoms with E-state index in [-0.39, 0.29) is 5.54 Å². The summed E-state index contributed by atoms with van der Waals surface area (Å²) in [6, 6.07) is 5.91. The van der Waals surface area contributed by atoms with Gasteiger partial charge in [0.1, 0.15) is 11.7 Å². The third-order valence-electron chi connectivity index (χ3n) is 8.62. The fraction of sp³-hybridized carbons (Fsp3) is 0.630. The van der Waals surface area contributed by atoms with Crippen LogP contribution in [0.25, 0.3) is 0 Å². The lowest BCUT2D eigenvalue weighted by Crippen LogP contribution is -2.55. The van der Waals surface area contributed by atoms with Gasteiger partial charge in [0, 0.05) is 44.5 Å². The van der Waals surface area contributed by atoms with Gasteiger partial charge in [-0.2, -0.15) is 0 Å². The first kappa shape index (κ1) is 21.4. The van der Waals surface area contributed by atoms with Crippen LogP contribution < -0.4 is 0 Å². The van der Waals surface area contributed by atoms with Crippen molar-refractivity contribution in [1.29, 1.82) is 0 Å². The molecule has 6 nitrogen and oxygen atoms in total. The average molecular weight is 447 g/mol. The Morgan fingerprint density at radius 2 is 1.88 bits per heavy atom. The summed E-state index contributed by atoms with van der Waals surface area (Å²) in [7, 11) is 2.30. The lowest BCUT2D eigenvalue weighted by molar-refractivity contribution is 0.0586. The zero-order chi connectivity index (χ0) is 22.6. The highest BCUT2D eigenvalue weighted by atomic mass is 15.4. The first-order valence-electron chi connectivity index (χ1n) is 12.9. The van der Waals surface area contributed by atoms with Crippen molar-refractivity contribution in [2.75, 3.05) is 39.8 Å². The molecule has 0 bridgehead atoms. The van der Waals surface area contributed by atoms with E-state index < -0.39 is 0 Å². The predicted molar refractivity (Wildman–Crippen MR) is 133 cm³/mol. The number of nitrogens with zero attached hydrogens (tertiary/aromatic N) is 6. The Bertz CT molecular complexity index is 986. The number of piperidine rings is 1. The molecule has 3 atom stereocenters. The summed E-state index contributed by atoms with van der Waals surface area (Å²) < 4.78 is 0. The van der Waals surface area contributed by atoms with Gasteiger partial charge in [-0.3, -0.25) is 19.8 Å². The molecule has 1 unspecified atom stereocenters. The molecule has 1 aromatic rings. The van der Waals surface area contributed by atoms with Crippen LogP contribution >= 0.6 is 0 Å². The van der Waals surface area contributed by atoms with Gasteiger partial charge in [-0.1, -0.05) is 12.1 Å². The molecule has 6 heteroatoms. The second kappa shape index (κ2) is 8.24. The lowest BCUT2D eigenvalue weighted by atomic mass is 9.82. The molecule has 2 saturated heterocycles. The molecule has 5 aliphatic rings. The summed E-state index contributed by atoms with van der Waals surface area (Å²) >= 11 is 0. The Balaban J connectivity index is 1.20. The zero-order valence-corrected chi connectivity index (χ0v) is 20.5. The molecule has 176 valence electrons. The summed E-state index contributed by atoms with van der Waals surface area (Å²) in [6.07, 6.45) is 15.1. The molecule has 0 N–H and O–H groups in total. The number of rotatable bonds is 4. The molecule has 3 fully saturated rings. The minimum Gasteiger partial charge on any atom is -0.355 e. The minimum atomic E-state index is -0.116. The second-order valence-electron chi connectivity index (χ2n) is 10.9. The predicted octanol–water partition coefficient (Wildman–Crippen LogP) is 3.58. The van der Waals surface area contributed by atoms with Crippen LogP contribution in [0.1, 0.15) is 56.3 Å². The molecular formula is C27H38N6. The summed E-state index contributed by atoms with van der Waals surface area (Å²) in [5.41, 5.74) is 2.43. The van der Waals surface area contributed by atoms with Crippen LogP contribution in [0.15, 0.2) is 47.4 Å². The van der Waals surface area contributed by atoms with E-state index >= 15 is 0 Å². The van der Waals surface area contributed by atoms with Crippen LogP contribution in [0, 0.1) is 6.92 Å². The Hall–Kier alpha value is -2.18. The maximum Gasteiger partial charge on any atom is 0.129 e. The van der Waals surface area contributed by atoms with Crippen molar-refractivity contribution >= 4 is 5.84 Å². The summed E-state index contributed by atoms with van der Waals surface area (Å²) in [5, 5.41) is 0. The van der Waals surface area contributed by atoms with Crippen LogP contribution in [-0.2, 0) is 0 Å². The first-order chi connectivity index (χ1) is 16.0. The van der Waals surface area contributed by atoms with E-state index in [1.54, 1.807) is 0 Å². The number of pyridine rings is 1. The number of aromatic nitrogens is 1. The standard InChI is InChI=1S/C27H38N6/c1-20-7-6-14-28-26(20)22-8-4-9-23(30(22)3)27(2)19-33-24(29-27)10-5-11-25(33)32-17-15-31(16-18-32)21-12-13-21/h5-7,10-11,14,21-23H,4,8-9,12-13,15-19H2,1-3H3/t22-,23+,27?/m0/s1. The number of hydrogen-bond acceptors (Lipinski definition) is 6. The largest absolute Gasteiger partial charge is 0.355 e. The van der Waals surface area contributed by atoms with Gasteiger partial charge in [-0.25, -0.2) is 0 Å². The first-order valence-corrected chi connectivity index (χ1v) is 12.9. The molecule has 0 aromatic carbocycles. The van der Waals surface area contributed by atoms with Crippen molar-refractivity contribution in [1.82, 2.24) is 24.6 Å². The number of aryl methyl sites for hydroxylation is 1. The highest BCUT2D eigenvalue weighted by molar-refractivity contribution is 5.97. The number of hydrogen-bond donors (Lipinski definition) is 0. The minimum absolute atomic E-state index is 0.116. The highest BCUT2D eigenvalue weighted by Crippen LogP contribution is 2.42. The van der Waals surface area contributed by atoms with Gasteiger partial charge in [0.15, 0.2) is 0 Å². The number of allylic oxidation sites excluding steroid dienone is 2. The Morgan fingerprint density at radius 3 is 2.64 bits per heavy atom. The SMILES string of the molecule is Cc1cccnc1[C@@H]1CCC[C@H](C2(C)CN3C(N4CCN(C5CC5)CC4)=CC=CC3=N2)N1C. The topological polar surface area (TPSA) is 38.2 Å². The van der Waals surface area contributed by atoms with Crippen LogP contribution in [0.2, 0.25) is 0 Å². The van der Waals surface area contributed by atoms with Crippen molar-refractivity contribution in [3.8, 4) is 0 Å². The number of likely N-dealkylation sites (tertiary alicyclic amines) is 1. The van der Waals surface area contributed by atoms with Crippen molar-refractivity contribution in [2.45, 2.75) is 69.6 Å². The number of amidine groups is 1. The van der Waals surface area contributed by atoms with Crippen LogP contribution in [0.3, 0.4) is 0 Å². The van der Waals surface area contributed by atoms with E-state index in [1.807, 2.05) is 12.3 Å². The molecule has 0 amide bonds. The molecule has 1 aliphatic carbocycles. The van der Waals surface area contributed by atoms with E-state index in [9.17, 15) is 0 Å². The summed E-state index contributed by atoms with van der Waals surface area (Å²) in [4.78, 5) is 20.5. The molecule has 1 saturated carbocycles. The molecule has 33 heavy (non-hydrogen) atoms. The molecule has 5 heterocycles. The van der Waals surface area contributed by atoms with Crippen molar-refractivity contribution in [3.05, 3.63) is 53.6 Å².